The van der Waals surface area contributed by atoms with Crippen molar-refractivity contribution < 1.29 is 18.7 Å². The molecule has 1 aromatic heterocycles. The minimum absolute atomic E-state index is 0.0886. The maximum atomic E-state index is 13.9. The van der Waals surface area contributed by atoms with Gasteiger partial charge in [0.05, 0.1) is 12.8 Å². The molecule has 1 heterocycles. The summed E-state index contributed by atoms with van der Waals surface area (Å²) in [5.74, 6) is -0.869. The largest absolute Gasteiger partial charge is 0.495 e. The normalized spacial score (nSPS) is 10.3. The minimum Gasteiger partial charge on any atom is -0.495 e. The van der Waals surface area contributed by atoms with Crippen LogP contribution >= 0.6 is 0 Å². The highest BCUT2D eigenvalue weighted by molar-refractivity contribution is 6.04. The monoisotopic (exact) mass is 368 g/mol. The summed E-state index contributed by atoms with van der Waals surface area (Å²) < 4.78 is 20.4. The number of hydrogen-bond donors (Lipinski definition) is 2. The lowest BCUT2D eigenvalue weighted by molar-refractivity contribution is 0.0961. The van der Waals surface area contributed by atoms with Crippen LogP contribution in [0.1, 0.15) is 20.8 Å². The SMILES string of the molecule is CNC(=O)c1ccc(OC)c(NC(=O)c2ccn(-c3ccccc3F)n2)c1. The summed E-state index contributed by atoms with van der Waals surface area (Å²) in [7, 11) is 2.97. The molecule has 0 aliphatic rings. The first-order valence-electron chi connectivity index (χ1n) is 8.05. The Balaban J connectivity index is 1.86. The van der Waals surface area contributed by atoms with Crippen molar-refractivity contribution in [3.63, 3.8) is 0 Å². The van der Waals surface area contributed by atoms with Crippen LogP contribution in [0, 0.1) is 5.82 Å². The second-order valence-electron chi connectivity index (χ2n) is 5.55. The molecule has 7 nitrogen and oxygen atoms in total. The Labute approximate surface area is 154 Å². The number of aromatic nitrogens is 2. The number of anilines is 1. The predicted octanol–water partition coefficient (Wildman–Crippen LogP) is 2.63. The highest BCUT2D eigenvalue weighted by Gasteiger charge is 2.16. The standard InChI is InChI=1S/C19H17FN4O3/c1-21-18(25)12-7-8-17(27-2)15(11-12)22-19(26)14-9-10-24(23-14)16-6-4-3-5-13(16)20/h3-11H,1-2H3,(H,21,25)(H,22,26). The Morgan fingerprint density at radius 1 is 1.11 bits per heavy atom. The van der Waals surface area contributed by atoms with Gasteiger partial charge in [-0.25, -0.2) is 9.07 Å². The van der Waals surface area contributed by atoms with Crippen molar-refractivity contribution in [2.45, 2.75) is 0 Å². The van der Waals surface area contributed by atoms with E-state index in [-0.39, 0.29) is 17.3 Å². The number of para-hydroxylation sites is 1. The summed E-state index contributed by atoms with van der Waals surface area (Å²) in [6.07, 6.45) is 1.49. The van der Waals surface area contributed by atoms with Gasteiger partial charge in [0.15, 0.2) is 5.69 Å². The third kappa shape index (κ3) is 3.79. The molecule has 27 heavy (non-hydrogen) atoms. The van der Waals surface area contributed by atoms with Crippen molar-refractivity contribution in [1.82, 2.24) is 15.1 Å². The smallest absolute Gasteiger partial charge is 0.276 e. The second kappa shape index (κ2) is 7.69. The van der Waals surface area contributed by atoms with E-state index in [4.69, 9.17) is 4.74 Å². The topological polar surface area (TPSA) is 85.3 Å². The van der Waals surface area contributed by atoms with Crippen LogP contribution in [-0.2, 0) is 0 Å². The molecule has 0 atom stereocenters. The highest BCUT2D eigenvalue weighted by Crippen LogP contribution is 2.26. The van der Waals surface area contributed by atoms with Gasteiger partial charge in [-0.15, -0.1) is 0 Å². The molecule has 138 valence electrons. The van der Waals surface area contributed by atoms with Crippen LogP contribution in [0.4, 0.5) is 10.1 Å². The Bertz CT molecular complexity index is 1000. The van der Waals surface area contributed by atoms with E-state index < -0.39 is 11.7 Å². The fraction of sp³-hybridized carbons (Fsp3) is 0.105. The van der Waals surface area contributed by atoms with E-state index in [2.05, 4.69) is 15.7 Å². The number of carbonyl (C=O) groups excluding carboxylic acids is 2. The maximum Gasteiger partial charge on any atom is 0.276 e. The van der Waals surface area contributed by atoms with E-state index in [0.29, 0.717) is 17.0 Å². The van der Waals surface area contributed by atoms with Crippen LogP contribution in [-0.4, -0.2) is 35.8 Å². The summed E-state index contributed by atoms with van der Waals surface area (Å²) >= 11 is 0. The van der Waals surface area contributed by atoms with E-state index in [9.17, 15) is 14.0 Å². The number of rotatable bonds is 5. The number of benzene rings is 2. The molecule has 0 radical (unpaired) electrons. The van der Waals surface area contributed by atoms with E-state index in [0.717, 1.165) is 0 Å². The summed E-state index contributed by atoms with van der Waals surface area (Å²) in [5, 5.41) is 9.29. The first-order chi connectivity index (χ1) is 13.0. The van der Waals surface area contributed by atoms with Crippen molar-refractivity contribution >= 4 is 17.5 Å². The third-order valence-electron chi connectivity index (χ3n) is 3.86. The molecule has 0 unspecified atom stereocenters. The van der Waals surface area contributed by atoms with Crippen LogP contribution in [0.5, 0.6) is 5.75 Å². The molecule has 8 heteroatoms. The summed E-state index contributed by atoms with van der Waals surface area (Å²) in [5.41, 5.74) is 1.01. The van der Waals surface area contributed by atoms with E-state index >= 15 is 0 Å². The lowest BCUT2D eigenvalue weighted by Crippen LogP contribution is -2.19. The van der Waals surface area contributed by atoms with Gasteiger partial charge in [0.25, 0.3) is 11.8 Å². The molecule has 2 amide bonds. The molecule has 2 N–H and O–H groups in total. The summed E-state index contributed by atoms with van der Waals surface area (Å²) in [6.45, 7) is 0. The Hall–Kier alpha value is -3.68. The van der Waals surface area contributed by atoms with Crippen molar-refractivity contribution in [3.05, 3.63) is 71.8 Å². The lowest BCUT2D eigenvalue weighted by Gasteiger charge is -2.11. The van der Waals surface area contributed by atoms with Crippen molar-refractivity contribution in [2.24, 2.45) is 0 Å². The van der Waals surface area contributed by atoms with Gasteiger partial charge < -0.3 is 15.4 Å². The van der Waals surface area contributed by atoms with Gasteiger partial charge in [0, 0.05) is 18.8 Å². The van der Waals surface area contributed by atoms with Crippen molar-refractivity contribution in [3.8, 4) is 11.4 Å². The van der Waals surface area contributed by atoms with Gasteiger partial charge in [-0.1, -0.05) is 12.1 Å². The molecular weight excluding hydrogens is 351 g/mol. The van der Waals surface area contributed by atoms with Crippen molar-refractivity contribution in [1.29, 1.82) is 0 Å². The Kier molecular flexibility index (Phi) is 5.16. The Morgan fingerprint density at radius 2 is 1.89 bits per heavy atom. The molecule has 0 saturated carbocycles. The average Bonchev–Trinajstić information content (AvgIpc) is 3.17. The highest BCUT2D eigenvalue weighted by atomic mass is 19.1. The van der Waals surface area contributed by atoms with E-state index in [1.165, 1.54) is 43.2 Å². The Morgan fingerprint density at radius 3 is 2.59 bits per heavy atom. The fourth-order valence-electron chi connectivity index (χ4n) is 2.49. The number of nitrogens with one attached hydrogen (secondary N) is 2. The molecule has 3 rings (SSSR count). The van der Waals surface area contributed by atoms with Crippen LogP contribution in [0.2, 0.25) is 0 Å². The van der Waals surface area contributed by atoms with Crippen molar-refractivity contribution in [2.75, 3.05) is 19.5 Å². The van der Waals surface area contributed by atoms with Crippen LogP contribution in [0.25, 0.3) is 5.69 Å². The predicted molar refractivity (Wildman–Crippen MR) is 97.9 cm³/mol. The van der Waals surface area contributed by atoms with Gasteiger partial charge in [0.1, 0.15) is 17.3 Å². The number of nitrogens with zero attached hydrogens (tertiary/aromatic N) is 2. The zero-order chi connectivity index (χ0) is 19.4. The minimum atomic E-state index is -0.516. The lowest BCUT2D eigenvalue weighted by atomic mass is 10.1. The second-order valence-corrected chi connectivity index (χ2v) is 5.55. The molecule has 0 fully saturated rings. The summed E-state index contributed by atoms with van der Waals surface area (Å²) in [6, 6.07) is 12.3. The number of halogens is 1. The first-order valence-corrected chi connectivity index (χ1v) is 8.05. The quantitative estimate of drug-likeness (QED) is 0.725. The molecule has 0 saturated heterocycles. The first kappa shape index (κ1) is 18.1. The number of methoxy groups -OCH3 is 1. The molecular formula is C19H17FN4O3. The zero-order valence-electron chi connectivity index (χ0n) is 14.7. The third-order valence-corrected chi connectivity index (χ3v) is 3.86. The van der Waals surface area contributed by atoms with Crippen LogP contribution in [0.3, 0.4) is 0 Å². The van der Waals surface area contributed by atoms with Gasteiger partial charge in [0.2, 0.25) is 0 Å². The average molecular weight is 368 g/mol. The molecule has 0 bridgehead atoms. The van der Waals surface area contributed by atoms with Gasteiger partial charge >= 0.3 is 0 Å². The number of amides is 2. The van der Waals surface area contributed by atoms with E-state index in [1.54, 1.807) is 30.3 Å². The van der Waals surface area contributed by atoms with E-state index in [1.807, 2.05) is 0 Å². The molecule has 2 aromatic carbocycles. The molecule has 3 aromatic rings. The number of ether oxygens (including phenoxy) is 1. The fourth-order valence-corrected chi connectivity index (χ4v) is 2.49. The molecule has 0 aliphatic heterocycles. The van der Waals surface area contributed by atoms with Crippen LogP contribution < -0.4 is 15.4 Å². The maximum absolute atomic E-state index is 13.9. The van der Waals surface area contributed by atoms with Gasteiger partial charge in [-0.2, -0.15) is 5.10 Å². The van der Waals surface area contributed by atoms with Crippen LogP contribution in [0.15, 0.2) is 54.7 Å². The summed E-state index contributed by atoms with van der Waals surface area (Å²) in [4.78, 5) is 24.3. The van der Waals surface area contributed by atoms with Gasteiger partial charge in [-0.05, 0) is 36.4 Å². The number of carbonyl (C=O) groups is 2. The van der Waals surface area contributed by atoms with Gasteiger partial charge in [-0.3, -0.25) is 9.59 Å². The zero-order valence-corrected chi connectivity index (χ0v) is 14.7. The molecule has 0 aliphatic carbocycles. The molecule has 0 spiro atoms. The number of hydrogen-bond acceptors (Lipinski definition) is 4.